The molecule has 0 fully saturated rings. The van der Waals surface area contributed by atoms with E-state index in [1.54, 1.807) is 24.5 Å². The van der Waals surface area contributed by atoms with Crippen LogP contribution in [0.4, 0.5) is 13.2 Å². The molecule has 1 nitrogen and oxygen atoms in total. The molecule has 0 atom stereocenters. The monoisotopic (exact) mass is 355 g/mol. The van der Waals surface area contributed by atoms with Crippen molar-refractivity contribution in [2.45, 2.75) is 6.18 Å². The first-order chi connectivity index (χ1) is 12.0. The highest BCUT2D eigenvalue weighted by atomic mass is 32.1. The van der Waals surface area contributed by atoms with Crippen molar-refractivity contribution >= 4 is 21.4 Å². The van der Waals surface area contributed by atoms with Crippen LogP contribution in [0, 0.1) is 0 Å². The molecule has 0 aliphatic carbocycles. The predicted octanol–water partition coefficient (Wildman–Crippen LogP) is 6.65. The van der Waals surface area contributed by atoms with Gasteiger partial charge in [0.1, 0.15) is 0 Å². The zero-order valence-electron chi connectivity index (χ0n) is 12.9. The number of hydrogen-bond acceptors (Lipinski definition) is 2. The molecule has 2 aromatic carbocycles. The highest BCUT2D eigenvalue weighted by molar-refractivity contribution is 7.17. The molecule has 124 valence electrons. The molecule has 2 heterocycles. The number of hydrogen-bond donors (Lipinski definition) is 0. The van der Waals surface area contributed by atoms with E-state index < -0.39 is 11.7 Å². The second-order valence-corrected chi connectivity index (χ2v) is 6.56. The van der Waals surface area contributed by atoms with Gasteiger partial charge in [0.15, 0.2) is 0 Å². The van der Waals surface area contributed by atoms with Crippen molar-refractivity contribution in [3.63, 3.8) is 0 Å². The van der Waals surface area contributed by atoms with E-state index in [0.717, 1.165) is 27.3 Å². The molecule has 0 aliphatic rings. The third kappa shape index (κ3) is 2.91. The maximum atomic E-state index is 13.3. The average molecular weight is 355 g/mol. The van der Waals surface area contributed by atoms with Gasteiger partial charge in [0.05, 0.1) is 5.56 Å². The minimum absolute atomic E-state index is 0.202. The fraction of sp³-hybridized carbons (Fsp3) is 0.0500. The van der Waals surface area contributed by atoms with Crippen LogP contribution < -0.4 is 0 Å². The van der Waals surface area contributed by atoms with Crippen molar-refractivity contribution < 1.29 is 13.2 Å². The van der Waals surface area contributed by atoms with Crippen LogP contribution in [0.15, 0.2) is 72.4 Å². The lowest BCUT2D eigenvalue weighted by Gasteiger charge is -2.13. The molecular weight excluding hydrogens is 343 g/mol. The Morgan fingerprint density at radius 2 is 1.68 bits per heavy atom. The van der Waals surface area contributed by atoms with Crippen molar-refractivity contribution in [1.82, 2.24) is 4.98 Å². The Morgan fingerprint density at radius 1 is 0.840 bits per heavy atom. The first kappa shape index (κ1) is 15.8. The summed E-state index contributed by atoms with van der Waals surface area (Å²) in [4.78, 5) is 4.13. The summed E-state index contributed by atoms with van der Waals surface area (Å²) in [6.07, 6.45) is -0.875. The number of rotatable bonds is 2. The second kappa shape index (κ2) is 6.01. The molecule has 0 spiro atoms. The molecule has 0 bridgehead atoms. The zero-order valence-corrected chi connectivity index (χ0v) is 13.7. The van der Waals surface area contributed by atoms with Crippen molar-refractivity contribution in [1.29, 1.82) is 0 Å². The number of thiophene rings is 1. The van der Waals surface area contributed by atoms with E-state index in [1.165, 1.54) is 23.5 Å². The van der Waals surface area contributed by atoms with Crippen LogP contribution in [0.5, 0.6) is 0 Å². The van der Waals surface area contributed by atoms with Gasteiger partial charge < -0.3 is 0 Å². The Bertz CT molecular complexity index is 1040. The number of pyridine rings is 1. The number of fused-ring (bicyclic) bond motifs is 1. The minimum atomic E-state index is -4.37. The predicted molar refractivity (Wildman–Crippen MR) is 95.5 cm³/mol. The summed E-state index contributed by atoms with van der Waals surface area (Å²) in [7, 11) is 0. The van der Waals surface area contributed by atoms with Crippen molar-refractivity contribution in [3.8, 4) is 22.3 Å². The largest absolute Gasteiger partial charge is 0.417 e. The fourth-order valence-electron chi connectivity index (χ4n) is 2.92. The molecule has 2 aromatic heterocycles. The normalized spacial score (nSPS) is 11.8. The number of nitrogens with zero attached hydrogens (tertiary/aromatic N) is 1. The first-order valence-corrected chi connectivity index (χ1v) is 8.50. The van der Waals surface area contributed by atoms with Crippen LogP contribution in [0.1, 0.15) is 5.56 Å². The van der Waals surface area contributed by atoms with Crippen molar-refractivity contribution in [2.75, 3.05) is 0 Å². The summed E-state index contributed by atoms with van der Waals surface area (Å²) in [5.41, 5.74) is 2.20. The molecule has 4 aromatic rings. The second-order valence-electron chi connectivity index (χ2n) is 5.65. The molecule has 25 heavy (non-hydrogen) atoms. The van der Waals surface area contributed by atoms with Gasteiger partial charge in [0.2, 0.25) is 0 Å². The zero-order chi connectivity index (χ0) is 17.4. The van der Waals surface area contributed by atoms with Crippen LogP contribution in [0.2, 0.25) is 0 Å². The van der Waals surface area contributed by atoms with Crippen LogP contribution in [0.25, 0.3) is 32.3 Å². The van der Waals surface area contributed by atoms with Gasteiger partial charge in [-0.25, -0.2) is 0 Å². The van der Waals surface area contributed by atoms with Crippen LogP contribution in [0.3, 0.4) is 0 Å². The molecule has 0 radical (unpaired) electrons. The molecular formula is C20H12F3NS. The summed E-state index contributed by atoms with van der Waals surface area (Å²) < 4.78 is 40.8. The molecule has 0 saturated carbocycles. The van der Waals surface area contributed by atoms with E-state index in [9.17, 15) is 13.2 Å². The number of aromatic nitrogens is 1. The van der Waals surface area contributed by atoms with E-state index in [2.05, 4.69) is 4.98 Å². The molecule has 0 saturated heterocycles. The van der Waals surface area contributed by atoms with Gasteiger partial charge in [-0.15, -0.1) is 11.3 Å². The average Bonchev–Trinajstić information content (AvgIpc) is 3.05. The van der Waals surface area contributed by atoms with Crippen molar-refractivity contribution in [2.24, 2.45) is 0 Å². The third-order valence-electron chi connectivity index (χ3n) is 4.09. The van der Waals surface area contributed by atoms with Gasteiger partial charge >= 0.3 is 6.18 Å². The number of benzene rings is 2. The van der Waals surface area contributed by atoms with Crippen LogP contribution >= 0.6 is 11.3 Å². The summed E-state index contributed by atoms with van der Waals surface area (Å²) in [5, 5.41) is 3.03. The highest BCUT2D eigenvalue weighted by Crippen LogP contribution is 2.40. The van der Waals surface area contributed by atoms with E-state index >= 15 is 0 Å². The molecule has 5 heteroatoms. The van der Waals surface area contributed by atoms with Gasteiger partial charge in [-0.2, -0.15) is 13.2 Å². The molecule has 0 aliphatic heterocycles. The Labute approximate surface area is 146 Å². The maximum absolute atomic E-state index is 13.3. The van der Waals surface area contributed by atoms with Gasteiger partial charge in [-0.1, -0.05) is 36.4 Å². The topological polar surface area (TPSA) is 12.9 Å². The summed E-state index contributed by atoms with van der Waals surface area (Å²) >= 11 is 1.52. The lowest BCUT2D eigenvalue weighted by atomic mass is 9.97. The smallest absolute Gasteiger partial charge is 0.264 e. The first-order valence-electron chi connectivity index (χ1n) is 7.62. The molecule has 0 amide bonds. The standard InChI is InChI=1S/C20H12F3NS/c21-20(22,23)18-6-2-1-5-15(18)13-7-8-16-17(12-25-19(16)10-13)14-4-3-9-24-11-14/h1-12H. The quantitative estimate of drug-likeness (QED) is 0.392. The molecule has 0 unspecified atom stereocenters. The van der Waals surface area contributed by atoms with E-state index in [0.29, 0.717) is 5.56 Å². The Kier molecular flexibility index (Phi) is 3.81. The van der Waals surface area contributed by atoms with Crippen LogP contribution in [-0.4, -0.2) is 4.98 Å². The summed E-state index contributed by atoms with van der Waals surface area (Å²) in [5.74, 6) is 0. The van der Waals surface area contributed by atoms with Gasteiger partial charge in [0.25, 0.3) is 0 Å². The summed E-state index contributed by atoms with van der Waals surface area (Å²) in [6.45, 7) is 0. The summed E-state index contributed by atoms with van der Waals surface area (Å²) in [6, 6.07) is 15.0. The fourth-order valence-corrected chi connectivity index (χ4v) is 3.93. The number of alkyl halides is 3. The van der Waals surface area contributed by atoms with Crippen molar-refractivity contribution in [3.05, 3.63) is 77.9 Å². The third-order valence-corrected chi connectivity index (χ3v) is 5.04. The Hall–Kier alpha value is -2.66. The van der Waals surface area contributed by atoms with E-state index in [1.807, 2.05) is 29.6 Å². The van der Waals surface area contributed by atoms with Gasteiger partial charge in [-0.05, 0) is 34.7 Å². The lowest BCUT2D eigenvalue weighted by Crippen LogP contribution is -2.06. The minimum Gasteiger partial charge on any atom is -0.264 e. The maximum Gasteiger partial charge on any atom is 0.417 e. The van der Waals surface area contributed by atoms with Crippen LogP contribution in [-0.2, 0) is 6.18 Å². The SMILES string of the molecule is FC(F)(F)c1ccccc1-c1ccc2c(-c3cccnc3)csc2c1. The van der Waals surface area contributed by atoms with E-state index in [4.69, 9.17) is 0 Å². The molecule has 0 N–H and O–H groups in total. The molecule has 4 rings (SSSR count). The van der Waals surface area contributed by atoms with Gasteiger partial charge in [0, 0.05) is 33.6 Å². The Balaban J connectivity index is 1.85. The Morgan fingerprint density at radius 3 is 2.44 bits per heavy atom. The van der Waals surface area contributed by atoms with Gasteiger partial charge in [-0.3, -0.25) is 4.98 Å². The van der Waals surface area contributed by atoms with E-state index in [-0.39, 0.29) is 5.56 Å². The number of halogens is 3. The lowest BCUT2D eigenvalue weighted by molar-refractivity contribution is -0.137. The highest BCUT2D eigenvalue weighted by Gasteiger charge is 2.33.